The molecule has 0 aliphatic heterocycles. The topological polar surface area (TPSA) is 82.4 Å². The molecule has 31 heavy (non-hydrogen) atoms. The van der Waals surface area contributed by atoms with E-state index in [2.05, 4.69) is 10.4 Å². The summed E-state index contributed by atoms with van der Waals surface area (Å²) in [6, 6.07) is 7.48. The number of anilines is 1. The molecule has 1 aromatic carbocycles. The Morgan fingerprint density at radius 3 is 2.55 bits per heavy atom. The molecule has 10 heteroatoms. The number of hydrogen-bond donors (Lipinski definition) is 1. The molecule has 1 heterocycles. The van der Waals surface area contributed by atoms with Crippen molar-refractivity contribution in [2.45, 2.75) is 44.9 Å². The smallest absolute Gasteiger partial charge is 0.438 e. The quantitative estimate of drug-likeness (QED) is 0.749. The number of halogens is 3. The van der Waals surface area contributed by atoms with Gasteiger partial charge in [-0.15, -0.1) is 4.68 Å². The first-order valence-corrected chi connectivity index (χ1v) is 9.72. The molecule has 0 bridgehead atoms. The molecule has 1 fully saturated rings. The fourth-order valence-electron chi connectivity index (χ4n) is 3.36. The predicted molar refractivity (Wildman–Crippen MR) is 107 cm³/mol. The number of nitrogens with one attached hydrogen (secondary N) is 1. The highest BCUT2D eigenvalue weighted by molar-refractivity contribution is 5.70. The summed E-state index contributed by atoms with van der Waals surface area (Å²) in [5.74, 6) is 0.950. The molecule has 0 spiro atoms. The van der Waals surface area contributed by atoms with Gasteiger partial charge in [0.1, 0.15) is 16.9 Å². The van der Waals surface area contributed by atoms with Crippen molar-refractivity contribution in [1.82, 2.24) is 9.78 Å². The van der Waals surface area contributed by atoms with Crippen LogP contribution in [0.5, 0.6) is 5.75 Å². The molecule has 1 N–H and O–H groups in total. The fraction of sp³-hybridized carbons (Fsp3) is 0.476. The van der Waals surface area contributed by atoms with Crippen molar-refractivity contribution in [1.29, 1.82) is 0 Å². The summed E-state index contributed by atoms with van der Waals surface area (Å²) < 4.78 is 51.3. The Morgan fingerprint density at radius 1 is 1.26 bits per heavy atom. The minimum absolute atomic E-state index is 0.0747. The molecule has 0 radical (unpaired) electrons. The summed E-state index contributed by atoms with van der Waals surface area (Å²) in [5, 5.41) is 6.27. The molecule has 2 unspecified atom stereocenters. The number of benzene rings is 1. The highest BCUT2D eigenvalue weighted by Crippen LogP contribution is 2.50. The highest BCUT2D eigenvalue weighted by atomic mass is 19.4. The monoisotopic (exact) mass is 439 g/mol. The average molecular weight is 439 g/mol. The maximum atomic E-state index is 13.6. The SMILES string of the molecule is COc1ccccc1C1CC1CNc1cnn(C(=O)OC(C)(C)C)c(=O)c1C(F)(F)F. The van der Waals surface area contributed by atoms with E-state index in [1.165, 1.54) is 20.8 Å². The van der Waals surface area contributed by atoms with Gasteiger partial charge in [-0.2, -0.15) is 18.3 Å². The zero-order chi connectivity index (χ0) is 23.0. The van der Waals surface area contributed by atoms with E-state index >= 15 is 0 Å². The minimum Gasteiger partial charge on any atom is -0.496 e. The van der Waals surface area contributed by atoms with E-state index in [1.807, 2.05) is 24.3 Å². The second kappa shape index (κ2) is 8.24. The highest BCUT2D eigenvalue weighted by Gasteiger charge is 2.42. The molecular formula is C21H24F3N3O4. The summed E-state index contributed by atoms with van der Waals surface area (Å²) in [5.41, 5.74) is -3.53. The average Bonchev–Trinajstić information content (AvgIpc) is 3.43. The van der Waals surface area contributed by atoms with Gasteiger partial charge >= 0.3 is 12.3 Å². The molecule has 1 aliphatic carbocycles. The van der Waals surface area contributed by atoms with Crippen molar-refractivity contribution in [2.75, 3.05) is 19.0 Å². The van der Waals surface area contributed by atoms with Gasteiger partial charge in [-0.25, -0.2) is 4.79 Å². The molecule has 3 rings (SSSR count). The number of hydrogen-bond acceptors (Lipinski definition) is 6. The molecule has 7 nitrogen and oxygen atoms in total. The van der Waals surface area contributed by atoms with E-state index in [0.717, 1.165) is 23.9 Å². The molecule has 0 saturated heterocycles. The molecule has 168 valence electrons. The first kappa shape index (κ1) is 22.6. The minimum atomic E-state index is -4.97. The molecule has 2 atom stereocenters. The van der Waals surface area contributed by atoms with Crippen LogP contribution >= 0.6 is 0 Å². The number of carbonyl (C=O) groups excluding carboxylic acids is 1. The van der Waals surface area contributed by atoms with Crippen LogP contribution in [0.15, 0.2) is 35.3 Å². The van der Waals surface area contributed by atoms with Crippen molar-refractivity contribution >= 4 is 11.8 Å². The fourth-order valence-corrected chi connectivity index (χ4v) is 3.36. The van der Waals surface area contributed by atoms with Crippen molar-refractivity contribution in [3.05, 3.63) is 51.9 Å². The number of methoxy groups -OCH3 is 1. The summed E-state index contributed by atoms with van der Waals surface area (Å²) >= 11 is 0. The van der Waals surface area contributed by atoms with Crippen LogP contribution in [0.2, 0.25) is 0 Å². The van der Waals surface area contributed by atoms with Gasteiger partial charge in [0, 0.05) is 6.54 Å². The third kappa shape index (κ3) is 5.18. The molecule has 2 aromatic rings. The predicted octanol–water partition coefficient (Wildman–Crippen LogP) is 4.27. The maximum Gasteiger partial charge on any atom is 0.438 e. The van der Waals surface area contributed by atoms with E-state index in [-0.39, 0.29) is 23.1 Å². The Morgan fingerprint density at radius 2 is 1.94 bits per heavy atom. The van der Waals surface area contributed by atoms with Crippen LogP contribution in [0.25, 0.3) is 0 Å². The standard InChI is InChI=1S/C21H24F3N3O4/c1-20(2,3)31-19(29)27-18(28)17(21(22,23)24)15(11-26-27)25-10-12-9-14(12)13-7-5-6-8-16(13)30-4/h5-8,11-12,14,25H,9-10H2,1-4H3. The van der Waals surface area contributed by atoms with Crippen molar-refractivity contribution < 1.29 is 27.4 Å². The second-order valence-corrected chi connectivity index (χ2v) is 8.35. The largest absolute Gasteiger partial charge is 0.496 e. The van der Waals surface area contributed by atoms with Gasteiger partial charge in [-0.1, -0.05) is 18.2 Å². The normalized spacial score (nSPS) is 18.4. The Hall–Kier alpha value is -3.04. The molecular weight excluding hydrogens is 415 g/mol. The van der Waals surface area contributed by atoms with Gasteiger partial charge in [0.25, 0.3) is 5.56 Å². The van der Waals surface area contributed by atoms with Gasteiger partial charge in [0.05, 0.1) is 19.0 Å². The van der Waals surface area contributed by atoms with E-state index in [4.69, 9.17) is 9.47 Å². The van der Waals surface area contributed by atoms with E-state index in [9.17, 15) is 22.8 Å². The number of nitrogens with zero attached hydrogens (tertiary/aromatic N) is 2. The number of alkyl halides is 3. The summed E-state index contributed by atoms with van der Waals surface area (Å²) in [6.07, 6.45) is -4.64. The zero-order valence-electron chi connectivity index (χ0n) is 17.6. The number of rotatable bonds is 5. The zero-order valence-corrected chi connectivity index (χ0v) is 17.6. The lowest BCUT2D eigenvalue weighted by Crippen LogP contribution is -2.39. The third-order valence-corrected chi connectivity index (χ3v) is 4.84. The number of ether oxygens (including phenoxy) is 2. The Bertz CT molecular complexity index is 1030. The van der Waals surface area contributed by atoms with E-state index in [0.29, 0.717) is 0 Å². The van der Waals surface area contributed by atoms with Crippen LogP contribution in [-0.2, 0) is 10.9 Å². The summed E-state index contributed by atoms with van der Waals surface area (Å²) in [4.78, 5) is 24.5. The number of carbonyl (C=O) groups is 1. The van der Waals surface area contributed by atoms with Crippen LogP contribution in [0.3, 0.4) is 0 Å². The van der Waals surface area contributed by atoms with Crippen LogP contribution in [0, 0.1) is 5.92 Å². The number of para-hydroxylation sites is 1. The van der Waals surface area contributed by atoms with Crippen molar-refractivity contribution in [2.24, 2.45) is 5.92 Å². The first-order valence-electron chi connectivity index (χ1n) is 9.72. The Kier molecular flexibility index (Phi) is 6.02. The maximum absolute atomic E-state index is 13.6. The van der Waals surface area contributed by atoms with Crippen LogP contribution < -0.4 is 15.6 Å². The van der Waals surface area contributed by atoms with Crippen molar-refractivity contribution in [3.8, 4) is 5.75 Å². The second-order valence-electron chi connectivity index (χ2n) is 8.35. The van der Waals surface area contributed by atoms with E-state index < -0.39 is 34.7 Å². The van der Waals surface area contributed by atoms with Crippen LogP contribution in [-0.4, -0.2) is 35.1 Å². The molecule has 1 aromatic heterocycles. The van der Waals surface area contributed by atoms with Gasteiger partial charge in [0.2, 0.25) is 0 Å². The molecule has 1 aliphatic rings. The Balaban J connectivity index is 1.80. The first-order chi connectivity index (χ1) is 14.4. The van der Waals surface area contributed by atoms with Gasteiger partial charge in [-0.3, -0.25) is 4.79 Å². The molecule has 1 saturated carbocycles. The van der Waals surface area contributed by atoms with Gasteiger partial charge in [0.15, 0.2) is 0 Å². The third-order valence-electron chi connectivity index (χ3n) is 4.84. The lowest BCUT2D eigenvalue weighted by atomic mass is 10.1. The Labute approximate surface area is 177 Å². The lowest BCUT2D eigenvalue weighted by molar-refractivity contribution is -0.138. The number of aromatic nitrogens is 2. The van der Waals surface area contributed by atoms with Crippen LogP contribution in [0.1, 0.15) is 44.2 Å². The lowest BCUT2D eigenvalue weighted by Gasteiger charge is -2.20. The van der Waals surface area contributed by atoms with Crippen LogP contribution in [0.4, 0.5) is 23.7 Å². The van der Waals surface area contributed by atoms with E-state index in [1.54, 1.807) is 7.11 Å². The molecule has 0 amide bonds. The van der Waals surface area contributed by atoms with Gasteiger partial charge in [-0.05, 0) is 50.7 Å². The van der Waals surface area contributed by atoms with Gasteiger partial charge < -0.3 is 14.8 Å². The summed E-state index contributed by atoms with van der Waals surface area (Å²) in [7, 11) is 1.56. The van der Waals surface area contributed by atoms with Crippen molar-refractivity contribution in [3.63, 3.8) is 0 Å². The summed E-state index contributed by atoms with van der Waals surface area (Å²) in [6.45, 7) is 4.81.